The average Bonchev–Trinajstić information content (AvgIpc) is 2.72. The second-order valence-electron chi connectivity index (χ2n) is 3.96. The molecule has 0 fully saturated rings. The number of nitrogens with one attached hydrogen (secondary N) is 1. The van der Waals surface area contributed by atoms with Crippen LogP contribution >= 0.6 is 38.9 Å². The van der Waals surface area contributed by atoms with E-state index in [4.69, 9.17) is 11.6 Å². The molecule has 1 amide bonds. The lowest BCUT2D eigenvalue weighted by Gasteiger charge is -2.03. The molecule has 0 aliphatic carbocycles. The smallest absolute Gasteiger partial charge is 0.257 e. The molecule has 0 aliphatic rings. The van der Waals surface area contributed by atoms with Gasteiger partial charge in [-0.1, -0.05) is 18.5 Å². The molecule has 0 aliphatic heterocycles. The monoisotopic (exact) mass is 358 g/mol. The maximum atomic E-state index is 12.1. The van der Waals surface area contributed by atoms with Gasteiger partial charge in [0.1, 0.15) is 0 Å². The van der Waals surface area contributed by atoms with Crippen LogP contribution in [-0.2, 0) is 6.42 Å². The summed E-state index contributed by atoms with van der Waals surface area (Å²) in [5, 5.41) is 3.93. The fraction of sp³-hybridized carbons (Fsp3) is 0.231. The van der Waals surface area contributed by atoms with Crippen LogP contribution in [0.5, 0.6) is 0 Å². The van der Waals surface area contributed by atoms with E-state index < -0.39 is 0 Å². The largest absolute Gasteiger partial charge is 0.298 e. The Morgan fingerprint density at radius 1 is 1.53 bits per heavy atom. The first-order valence-electron chi connectivity index (χ1n) is 5.74. The van der Waals surface area contributed by atoms with Crippen molar-refractivity contribution in [2.45, 2.75) is 20.3 Å². The first kappa shape index (κ1) is 14.5. The molecule has 0 bridgehead atoms. The summed E-state index contributed by atoms with van der Waals surface area (Å²) >= 11 is 10.8. The fourth-order valence-corrected chi connectivity index (χ4v) is 2.94. The molecule has 6 heteroatoms. The summed E-state index contributed by atoms with van der Waals surface area (Å²) in [7, 11) is 0. The van der Waals surface area contributed by atoms with Crippen molar-refractivity contribution in [1.29, 1.82) is 0 Å². The third kappa shape index (κ3) is 3.35. The fourth-order valence-electron chi connectivity index (χ4n) is 1.62. The zero-order valence-corrected chi connectivity index (χ0v) is 13.6. The summed E-state index contributed by atoms with van der Waals surface area (Å²) in [6.45, 7) is 4.05. The summed E-state index contributed by atoms with van der Waals surface area (Å²) in [4.78, 5) is 17.6. The number of nitrogens with zero attached hydrogens (tertiary/aromatic N) is 1. The molecule has 100 valence electrons. The number of carbonyl (C=O) groups excluding carboxylic acids is 1. The third-order valence-electron chi connectivity index (χ3n) is 2.63. The predicted octanol–water partition coefficient (Wildman–Crippen LogP) is 4.68. The van der Waals surface area contributed by atoms with Crippen molar-refractivity contribution in [2.75, 3.05) is 5.32 Å². The van der Waals surface area contributed by atoms with Gasteiger partial charge in [-0.25, -0.2) is 4.98 Å². The molecule has 1 N–H and O–H groups in total. The van der Waals surface area contributed by atoms with Gasteiger partial charge < -0.3 is 0 Å². The van der Waals surface area contributed by atoms with Crippen molar-refractivity contribution < 1.29 is 4.79 Å². The van der Waals surface area contributed by atoms with Crippen molar-refractivity contribution in [2.24, 2.45) is 0 Å². The van der Waals surface area contributed by atoms with E-state index in [0.29, 0.717) is 15.7 Å². The van der Waals surface area contributed by atoms with Crippen LogP contribution in [0, 0.1) is 6.92 Å². The Balaban J connectivity index is 2.18. The maximum absolute atomic E-state index is 12.1. The Morgan fingerprint density at radius 3 is 2.84 bits per heavy atom. The number of hydrogen-bond acceptors (Lipinski definition) is 3. The highest BCUT2D eigenvalue weighted by Gasteiger charge is 2.12. The summed E-state index contributed by atoms with van der Waals surface area (Å²) in [6, 6.07) is 5.09. The maximum Gasteiger partial charge on any atom is 0.257 e. The molecule has 0 atom stereocenters. The van der Waals surface area contributed by atoms with E-state index in [0.717, 1.165) is 21.5 Å². The highest BCUT2D eigenvalue weighted by molar-refractivity contribution is 9.10. The number of amides is 1. The van der Waals surface area contributed by atoms with E-state index in [1.165, 1.54) is 11.3 Å². The molecule has 1 aromatic heterocycles. The van der Waals surface area contributed by atoms with Gasteiger partial charge in [-0.15, -0.1) is 11.3 Å². The summed E-state index contributed by atoms with van der Waals surface area (Å²) < 4.78 is 0.768. The van der Waals surface area contributed by atoms with Crippen molar-refractivity contribution >= 4 is 49.9 Å². The lowest BCUT2D eigenvalue weighted by atomic mass is 10.2. The lowest BCUT2D eigenvalue weighted by Crippen LogP contribution is -2.11. The van der Waals surface area contributed by atoms with Gasteiger partial charge in [0, 0.05) is 14.9 Å². The Morgan fingerprint density at radius 2 is 2.26 bits per heavy atom. The molecule has 0 saturated carbocycles. The number of benzene rings is 1. The topological polar surface area (TPSA) is 42.0 Å². The highest BCUT2D eigenvalue weighted by atomic mass is 79.9. The Labute approximate surface area is 129 Å². The molecular formula is C13H12BrClN2OS. The van der Waals surface area contributed by atoms with Crippen molar-refractivity contribution in [1.82, 2.24) is 4.98 Å². The molecular weight excluding hydrogens is 348 g/mol. The van der Waals surface area contributed by atoms with Crippen LogP contribution < -0.4 is 5.32 Å². The van der Waals surface area contributed by atoms with Crippen LogP contribution in [0.25, 0.3) is 0 Å². The first-order chi connectivity index (χ1) is 9.01. The molecule has 0 spiro atoms. The van der Waals surface area contributed by atoms with Crippen LogP contribution in [0.3, 0.4) is 0 Å². The van der Waals surface area contributed by atoms with Crippen LogP contribution in [0.4, 0.5) is 5.13 Å². The minimum Gasteiger partial charge on any atom is -0.298 e. The lowest BCUT2D eigenvalue weighted by molar-refractivity contribution is 0.102. The number of aryl methyl sites for hydroxylation is 2. The molecule has 2 rings (SSSR count). The van der Waals surface area contributed by atoms with Crippen LogP contribution in [0.2, 0.25) is 5.02 Å². The van der Waals surface area contributed by atoms with E-state index >= 15 is 0 Å². The summed E-state index contributed by atoms with van der Waals surface area (Å²) in [5.41, 5.74) is 1.54. The quantitative estimate of drug-likeness (QED) is 0.864. The molecule has 0 saturated heterocycles. The second-order valence-corrected chi connectivity index (χ2v) is 6.42. The standard InChI is InChI=1S/C13H12BrClN2OS/c1-3-11-7(2)19-13(16-11)17-12(18)8-4-5-9(14)10(15)6-8/h4-6H,3H2,1-2H3,(H,16,17,18). The molecule has 0 unspecified atom stereocenters. The number of thiazole rings is 1. The van der Waals surface area contributed by atoms with E-state index in [-0.39, 0.29) is 5.91 Å². The number of carbonyl (C=O) groups is 1. The Hall–Kier alpha value is -0.910. The van der Waals surface area contributed by atoms with Gasteiger partial charge in [0.25, 0.3) is 5.91 Å². The minimum atomic E-state index is -0.203. The number of rotatable bonds is 3. The number of halogens is 2. The van der Waals surface area contributed by atoms with E-state index in [1.807, 2.05) is 13.8 Å². The van der Waals surface area contributed by atoms with E-state index in [1.54, 1.807) is 18.2 Å². The van der Waals surface area contributed by atoms with Crippen LogP contribution in [0.15, 0.2) is 22.7 Å². The summed E-state index contributed by atoms with van der Waals surface area (Å²) in [5.74, 6) is -0.203. The van der Waals surface area contributed by atoms with Crippen molar-refractivity contribution in [3.05, 3.63) is 43.8 Å². The Kier molecular flexibility index (Phi) is 4.60. The van der Waals surface area contributed by atoms with Gasteiger partial charge in [0.2, 0.25) is 0 Å². The van der Waals surface area contributed by atoms with Gasteiger partial charge in [-0.3, -0.25) is 10.1 Å². The zero-order chi connectivity index (χ0) is 14.0. The summed E-state index contributed by atoms with van der Waals surface area (Å²) in [6.07, 6.45) is 0.863. The number of hydrogen-bond donors (Lipinski definition) is 1. The molecule has 0 radical (unpaired) electrons. The van der Waals surface area contributed by atoms with Crippen LogP contribution in [0.1, 0.15) is 27.9 Å². The van der Waals surface area contributed by atoms with Gasteiger partial charge in [-0.05, 0) is 47.5 Å². The van der Waals surface area contributed by atoms with Gasteiger partial charge >= 0.3 is 0 Å². The molecule has 19 heavy (non-hydrogen) atoms. The molecule has 3 nitrogen and oxygen atoms in total. The Bertz CT molecular complexity index is 627. The average molecular weight is 360 g/mol. The van der Waals surface area contributed by atoms with Crippen LogP contribution in [-0.4, -0.2) is 10.9 Å². The van der Waals surface area contributed by atoms with Gasteiger partial charge in [0.15, 0.2) is 5.13 Å². The third-order valence-corrected chi connectivity index (χ3v) is 4.79. The normalized spacial score (nSPS) is 10.5. The number of aromatic nitrogens is 1. The number of anilines is 1. The van der Waals surface area contributed by atoms with Gasteiger partial charge in [0.05, 0.1) is 10.7 Å². The zero-order valence-electron chi connectivity index (χ0n) is 10.5. The second kappa shape index (κ2) is 6.03. The molecule has 1 aromatic carbocycles. The van der Waals surface area contributed by atoms with E-state index in [2.05, 4.69) is 26.2 Å². The predicted molar refractivity (Wildman–Crippen MR) is 83.3 cm³/mol. The minimum absolute atomic E-state index is 0.203. The van der Waals surface area contributed by atoms with Crippen molar-refractivity contribution in [3.8, 4) is 0 Å². The SMILES string of the molecule is CCc1nc(NC(=O)c2ccc(Br)c(Cl)c2)sc1C. The molecule has 1 heterocycles. The van der Waals surface area contributed by atoms with Crippen molar-refractivity contribution in [3.63, 3.8) is 0 Å². The van der Waals surface area contributed by atoms with E-state index in [9.17, 15) is 4.79 Å². The first-order valence-corrected chi connectivity index (χ1v) is 7.72. The van der Waals surface area contributed by atoms with Gasteiger partial charge in [-0.2, -0.15) is 0 Å². The molecule has 2 aromatic rings. The highest BCUT2D eigenvalue weighted by Crippen LogP contribution is 2.25.